The lowest BCUT2D eigenvalue weighted by Crippen LogP contribution is -2.25. The van der Waals surface area contributed by atoms with E-state index in [1.54, 1.807) is 7.05 Å². The second kappa shape index (κ2) is 6.61. The number of carbonyl (C=O) groups excluding carboxylic acids is 1. The van der Waals surface area contributed by atoms with Crippen molar-refractivity contribution in [2.75, 3.05) is 7.05 Å². The number of carbonyl (C=O) groups is 1. The van der Waals surface area contributed by atoms with Crippen LogP contribution in [0.3, 0.4) is 0 Å². The molecule has 0 bridgehead atoms. The molecule has 0 spiro atoms. The first-order chi connectivity index (χ1) is 10.4. The molecular weight excluding hydrogens is 299 g/mol. The lowest BCUT2D eigenvalue weighted by atomic mass is 10.1. The molecule has 0 saturated heterocycles. The second-order valence-corrected chi connectivity index (χ2v) is 4.49. The van der Waals surface area contributed by atoms with Crippen molar-refractivity contribution in [1.82, 2.24) is 15.6 Å². The molecule has 1 heterocycles. The zero-order chi connectivity index (χ0) is 16.2. The Morgan fingerprint density at radius 2 is 2.00 bits per heavy atom. The molecule has 8 heteroatoms. The fourth-order valence-corrected chi connectivity index (χ4v) is 1.86. The van der Waals surface area contributed by atoms with E-state index in [-0.39, 0.29) is 17.8 Å². The van der Waals surface area contributed by atoms with Crippen LogP contribution < -0.4 is 10.6 Å². The molecule has 0 aliphatic rings. The van der Waals surface area contributed by atoms with Gasteiger partial charge in [0.1, 0.15) is 6.26 Å². The molecule has 0 aliphatic carbocycles. The number of amides is 1. The molecule has 1 aromatic carbocycles. The lowest BCUT2D eigenvalue weighted by molar-refractivity contribution is -0.138. The fraction of sp³-hybridized carbons (Fsp3) is 0.286. The fourth-order valence-electron chi connectivity index (χ4n) is 1.86. The summed E-state index contributed by atoms with van der Waals surface area (Å²) in [6.45, 7) is 0.104. The third kappa shape index (κ3) is 3.85. The molecule has 0 aliphatic heterocycles. The number of aromatic nitrogens is 1. The van der Waals surface area contributed by atoms with Crippen molar-refractivity contribution >= 4 is 5.91 Å². The van der Waals surface area contributed by atoms with E-state index in [2.05, 4.69) is 15.6 Å². The van der Waals surface area contributed by atoms with E-state index < -0.39 is 17.6 Å². The number of alkyl halides is 3. The Morgan fingerprint density at radius 3 is 2.68 bits per heavy atom. The summed E-state index contributed by atoms with van der Waals surface area (Å²) in [6.07, 6.45) is -3.30. The van der Waals surface area contributed by atoms with Gasteiger partial charge in [-0.15, -0.1) is 0 Å². The standard InChI is InChI=1S/C14H14F3N3O2/c1-18-7-12-20-11(8-22-12)13(21)19-6-9-4-2-3-5-10(9)14(15,16)17/h2-5,8,18H,6-7H2,1H3,(H,19,21). The van der Waals surface area contributed by atoms with Gasteiger partial charge in [0.2, 0.25) is 5.89 Å². The smallest absolute Gasteiger partial charge is 0.416 e. The third-order valence-corrected chi connectivity index (χ3v) is 2.87. The minimum Gasteiger partial charge on any atom is -0.447 e. The van der Waals surface area contributed by atoms with Crippen LogP contribution in [0.5, 0.6) is 0 Å². The summed E-state index contributed by atoms with van der Waals surface area (Å²) in [4.78, 5) is 15.8. The minimum atomic E-state index is -4.46. The van der Waals surface area contributed by atoms with Crippen LogP contribution in [0.1, 0.15) is 27.5 Å². The summed E-state index contributed by atoms with van der Waals surface area (Å²) in [6, 6.07) is 5.08. The van der Waals surface area contributed by atoms with Gasteiger partial charge in [-0.1, -0.05) is 18.2 Å². The van der Waals surface area contributed by atoms with E-state index in [0.717, 1.165) is 12.3 Å². The molecule has 2 rings (SSSR count). The van der Waals surface area contributed by atoms with Crippen molar-refractivity contribution in [2.24, 2.45) is 0 Å². The van der Waals surface area contributed by atoms with Gasteiger partial charge in [0, 0.05) is 6.54 Å². The van der Waals surface area contributed by atoms with E-state index in [1.807, 2.05) is 0 Å². The van der Waals surface area contributed by atoms with Crippen LogP contribution in [-0.2, 0) is 19.3 Å². The maximum atomic E-state index is 12.8. The number of halogens is 3. The average Bonchev–Trinajstić information content (AvgIpc) is 2.93. The molecule has 1 amide bonds. The van der Waals surface area contributed by atoms with Crippen molar-refractivity contribution in [2.45, 2.75) is 19.3 Å². The SMILES string of the molecule is CNCc1nc(C(=O)NCc2ccccc2C(F)(F)F)co1. The quantitative estimate of drug-likeness (QED) is 0.889. The number of nitrogens with zero attached hydrogens (tertiary/aromatic N) is 1. The van der Waals surface area contributed by atoms with Gasteiger partial charge in [-0.3, -0.25) is 4.79 Å². The normalized spacial score (nSPS) is 11.5. The number of rotatable bonds is 5. The largest absolute Gasteiger partial charge is 0.447 e. The molecule has 0 fully saturated rings. The predicted octanol–water partition coefficient (Wildman–Crippen LogP) is 2.34. The number of nitrogens with one attached hydrogen (secondary N) is 2. The molecule has 22 heavy (non-hydrogen) atoms. The molecule has 2 N–H and O–H groups in total. The van der Waals surface area contributed by atoms with Crippen LogP contribution in [0.15, 0.2) is 34.9 Å². The Kier molecular flexibility index (Phi) is 4.81. The molecule has 1 aromatic heterocycles. The minimum absolute atomic E-state index is 0.0118. The highest BCUT2D eigenvalue weighted by Gasteiger charge is 2.32. The van der Waals surface area contributed by atoms with E-state index in [0.29, 0.717) is 12.4 Å². The molecule has 5 nitrogen and oxygen atoms in total. The topological polar surface area (TPSA) is 67.2 Å². The molecule has 0 saturated carbocycles. The van der Waals surface area contributed by atoms with Crippen LogP contribution in [0.2, 0.25) is 0 Å². The number of hydrogen-bond acceptors (Lipinski definition) is 4. The first kappa shape index (κ1) is 16.0. The van der Waals surface area contributed by atoms with E-state index >= 15 is 0 Å². The molecular formula is C14H14F3N3O2. The average molecular weight is 313 g/mol. The third-order valence-electron chi connectivity index (χ3n) is 2.87. The van der Waals surface area contributed by atoms with Crippen LogP contribution >= 0.6 is 0 Å². The van der Waals surface area contributed by atoms with E-state index in [4.69, 9.17) is 4.42 Å². The van der Waals surface area contributed by atoms with E-state index in [1.165, 1.54) is 18.2 Å². The van der Waals surface area contributed by atoms with Gasteiger partial charge in [0.05, 0.1) is 12.1 Å². The Morgan fingerprint density at radius 1 is 1.27 bits per heavy atom. The molecule has 118 valence electrons. The van der Waals surface area contributed by atoms with Gasteiger partial charge in [0.25, 0.3) is 5.91 Å². The zero-order valence-electron chi connectivity index (χ0n) is 11.7. The van der Waals surface area contributed by atoms with Gasteiger partial charge in [0.15, 0.2) is 5.69 Å². The number of hydrogen-bond donors (Lipinski definition) is 2. The molecule has 2 aromatic rings. The van der Waals surface area contributed by atoms with Crippen molar-refractivity contribution in [3.05, 3.63) is 53.2 Å². The lowest BCUT2D eigenvalue weighted by Gasteiger charge is -2.12. The molecule has 0 atom stereocenters. The highest BCUT2D eigenvalue weighted by atomic mass is 19.4. The van der Waals surface area contributed by atoms with Crippen LogP contribution in [0, 0.1) is 0 Å². The van der Waals surface area contributed by atoms with Crippen molar-refractivity contribution in [3.8, 4) is 0 Å². The first-order valence-electron chi connectivity index (χ1n) is 6.44. The number of oxazole rings is 1. The Hall–Kier alpha value is -2.35. The maximum absolute atomic E-state index is 12.8. The van der Waals surface area contributed by atoms with Gasteiger partial charge in [-0.2, -0.15) is 13.2 Å². The van der Waals surface area contributed by atoms with Gasteiger partial charge in [-0.05, 0) is 18.7 Å². The number of benzene rings is 1. The maximum Gasteiger partial charge on any atom is 0.416 e. The van der Waals surface area contributed by atoms with Crippen LogP contribution in [0.25, 0.3) is 0 Å². The summed E-state index contributed by atoms with van der Waals surface area (Å²) in [5, 5.41) is 5.21. The monoisotopic (exact) mass is 313 g/mol. The predicted molar refractivity (Wildman–Crippen MR) is 71.9 cm³/mol. The van der Waals surface area contributed by atoms with Crippen molar-refractivity contribution < 1.29 is 22.4 Å². The zero-order valence-corrected chi connectivity index (χ0v) is 11.7. The van der Waals surface area contributed by atoms with Crippen molar-refractivity contribution in [3.63, 3.8) is 0 Å². The Balaban J connectivity index is 2.05. The molecule has 0 unspecified atom stereocenters. The molecule has 0 radical (unpaired) electrons. The van der Waals surface area contributed by atoms with Gasteiger partial charge >= 0.3 is 6.18 Å². The Labute approximate surface area is 124 Å². The van der Waals surface area contributed by atoms with Crippen LogP contribution in [-0.4, -0.2) is 17.9 Å². The van der Waals surface area contributed by atoms with Crippen LogP contribution in [0.4, 0.5) is 13.2 Å². The summed E-state index contributed by atoms with van der Waals surface area (Å²) in [7, 11) is 1.69. The second-order valence-electron chi connectivity index (χ2n) is 4.49. The summed E-state index contributed by atoms with van der Waals surface area (Å²) < 4.78 is 43.6. The summed E-state index contributed by atoms with van der Waals surface area (Å²) in [5.74, 6) is -0.272. The Bertz CT molecular complexity index is 653. The van der Waals surface area contributed by atoms with Crippen molar-refractivity contribution in [1.29, 1.82) is 0 Å². The highest BCUT2D eigenvalue weighted by Crippen LogP contribution is 2.31. The summed E-state index contributed by atoms with van der Waals surface area (Å²) in [5.41, 5.74) is -0.761. The van der Waals surface area contributed by atoms with Gasteiger partial charge < -0.3 is 15.1 Å². The highest BCUT2D eigenvalue weighted by molar-refractivity contribution is 5.91. The summed E-state index contributed by atoms with van der Waals surface area (Å²) >= 11 is 0. The van der Waals surface area contributed by atoms with E-state index in [9.17, 15) is 18.0 Å². The van der Waals surface area contributed by atoms with Gasteiger partial charge in [-0.25, -0.2) is 4.98 Å². The first-order valence-corrected chi connectivity index (χ1v) is 6.44.